The maximum atomic E-state index is 12.1. The Morgan fingerprint density at radius 2 is 1.84 bits per heavy atom. The fourth-order valence-electron chi connectivity index (χ4n) is 1.72. The van der Waals surface area contributed by atoms with Crippen LogP contribution in [-0.4, -0.2) is 23.6 Å². The smallest absolute Gasteiger partial charge is 0.506 e. The number of alkyl halides is 3. The minimum Gasteiger partial charge on any atom is -0.506 e. The lowest BCUT2D eigenvalue weighted by Crippen LogP contribution is -2.19. The van der Waals surface area contributed by atoms with Gasteiger partial charge in [-0.3, -0.25) is 4.79 Å². The van der Waals surface area contributed by atoms with E-state index < -0.39 is 18.0 Å². The number of nitrogens with one attached hydrogen (secondary N) is 1. The number of carbonyl (C=O) groups excluding carboxylic acids is 1. The quantitative estimate of drug-likeness (QED) is 0.496. The summed E-state index contributed by atoms with van der Waals surface area (Å²) in [4.78, 5) is 11.9. The molecule has 2 aromatic carbocycles. The van der Waals surface area contributed by atoms with E-state index in [1.165, 1.54) is 18.3 Å². The van der Waals surface area contributed by atoms with Gasteiger partial charge in [0.2, 0.25) is 0 Å². The Kier molecular flexibility index (Phi) is 6.07. The van der Waals surface area contributed by atoms with Crippen molar-refractivity contribution in [2.24, 2.45) is 5.10 Å². The number of carbonyl (C=O) groups is 1. The second-order valence-electron chi connectivity index (χ2n) is 4.60. The topological polar surface area (TPSA) is 70.9 Å². The SMILES string of the molecule is O=C(N/N=C/c1cc(Br)cc(Br)c1O)c1ccc(OC(F)(F)F)cc1. The van der Waals surface area contributed by atoms with Crippen molar-refractivity contribution >= 4 is 44.0 Å². The van der Waals surface area contributed by atoms with Gasteiger partial charge in [0.25, 0.3) is 5.91 Å². The van der Waals surface area contributed by atoms with Gasteiger partial charge in [0.05, 0.1) is 10.7 Å². The number of phenols is 1. The first kappa shape index (κ1) is 19.3. The van der Waals surface area contributed by atoms with E-state index in [1.807, 2.05) is 0 Å². The third-order valence-corrected chi connectivity index (χ3v) is 3.84. The van der Waals surface area contributed by atoms with Crippen molar-refractivity contribution in [1.29, 1.82) is 0 Å². The summed E-state index contributed by atoms with van der Waals surface area (Å²) in [5.41, 5.74) is 2.64. The summed E-state index contributed by atoms with van der Waals surface area (Å²) in [6, 6.07) is 7.58. The molecule has 0 spiro atoms. The van der Waals surface area contributed by atoms with Gasteiger partial charge in [-0.25, -0.2) is 5.43 Å². The maximum absolute atomic E-state index is 12.1. The molecule has 0 heterocycles. The third-order valence-electron chi connectivity index (χ3n) is 2.78. The number of phenolic OH excluding ortho intramolecular Hbond substituents is 1. The predicted molar refractivity (Wildman–Crippen MR) is 91.7 cm³/mol. The molecule has 0 atom stereocenters. The van der Waals surface area contributed by atoms with Gasteiger partial charge in [-0.1, -0.05) is 15.9 Å². The van der Waals surface area contributed by atoms with E-state index in [9.17, 15) is 23.1 Å². The van der Waals surface area contributed by atoms with E-state index in [-0.39, 0.29) is 11.3 Å². The molecule has 0 saturated heterocycles. The summed E-state index contributed by atoms with van der Waals surface area (Å²) < 4.78 is 41.0. The van der Waals surface area contributed by atoms with Crippen molar-refractivity contribution in [2.45, 2.75) is 6.36 Å². The number of hydrogen-bond donors (Lipinski definition) is 2. The van der Waals surface area contributed by atoms with Gasteiger partial charge in [0.1, 0.15) is 11.5 Å². The van der Waals surface area contributed by atoms with Gasteiger partial charge in [-0.2, -0.15) is 5.10 Å². The van der Waals surface area contributed by atoms with Crippen molar-refractivity contribution in [2.75, 3.05) is 0 Å². The number of aromatic hydroxyl groups is 1. The monoisotopic (exact) mass is 480 g/mol. The molecule has 2 N–H and O–H groups in total. The first-order valence-corrected chi connectivity index (χ1v) is 8.11. The number of amides is 1. The fraction of sp³-hybridized carbons (Fsp3) is 0.0667. The molecule has 0 aliphatic heterocycles. The molecule has 0 aliphatic carbocycles. The molecule has 10 heteroatoms. The molecule has 0 fully saturated rings. The Bertz CT molecular complexity index is 809. The highest BCUT2D eigenvalue weighted by Gasteiger charge is 2.31. The van der Waals surface area contributed by atoms with Crippen LogP contribution in [0.2, 0.25) is 0 Å². The normalized spacial score (nSPS) is 11.6. The van der Waals surface area contributed by atoms with Gasteiger partial charge in [-0.15, -0.1) is 13.2 Å². The summed E-state index contributed by atoms with van der Waals surface area (Å²) in [7, 11) is 0. The van der Waals surface area contributed by atoms with E-state index in [4.69, 9.17) is 0 Å². The summed E-state index contributed by atoms with van der Waals surface area (Å²) in [5, 5.41) is 13.6. The maximum Gasteiger partial charge on any atom is 0.573 e. The molecule has 0 bridgehead atoms. The van der Waals surface area contributed by atoms with E-state index in [1.54, 1.807) is 12.1 Å². The molecule has 0 saturated carbocycles. The minimum absolute atomic E-state index is 0.0603. The van der Waals surface area contributed by atoms with Crippen LogP contribution < -0.4 is 10.2 Å². The van der Waals surface area contributed by atoms with Crippen LogP contribution in [0.1, 0.15) is 15.9 Å². The largest absolute Gasteiger partial charge is 0.573 e. The number of ether oxygens (including phenoxy) is 1. The number of halogens is 5. The summed E-state index contributed by atoms with van der Waals surface area (Å²) in [5.74, 6) is -1.13. The number of hydrazone groups is 1. The Morgan fingerprint density at radius 1 is 1.20 bits per heavy atom. The first-order valence-electron chi connectivity index (χ1n) is 6.53. The van der Waals surface area contributed by atoms with Crippen LogP contribution in [-0.2, 0) is 0 Å². The number of hydrogen-bond acceptors (Lipinski definition) is 4. The van der Waals surface area contributed by atoms with Gasteiger partial charge in [-0.05, 0) is 52.3 Å². The standard InChI is InChI=1S/C15H9Br2F3N2O3/c16-10-5-9(13(23)12(17)6-10)7-21-22-14(24)8-1-3-11(4-2-8)25-15(18,19)20/h1-7,23H,(H,22,24)/b21-7+. The molecule has 0 unspecified atom stereocenters. The zero-order valence-electron chi connectivity index (χ0n) is 12.1. The lowest BCUT2D eigenvalue weighted by Gasteiger charge is -2.08. The highest BCUT2D eigenvalue weighted by Crippen LogP contribution is 2.30. The average Bonchev–Trinajstić information content (AvgIpc) is 2.51. The Morgan fingerprint density at radius 3 is 2.44 bits per heavy atom. The van der Waals surface area contributed by atoms with Crippen molar-refractivity contribution in [1.82, 2.24) is 5.43 Å². The van der Waals surface area contributed by atoms with Gasteiger partial charge >= 0.3 is 6.36 Å². The lowest BCUT2D eigenvalue weighted by atomic mass is 10.2. The van der Waals surface area contributed by atoms with Crippen molar-refractivity contribution in [3.05, 3.63) is 56.5 Å². The highest BCUT2D eigenvalue weighted by atomic mass is 79.9. The van der Waals surface area contributed by atoms with Crippen LogP contribution in [0.25, 0.3) is 0 Å². The Hall–Kier alpha value is -2.07. The second-order valence-corrected chi connectivity index (χ2v) is 6.37. The number of benzene rings is 2. The zero-order valence-corrected chi connectivity index (χ0v) is 15.3. The van der Waals surface area contributed by atoms with Crippen molar-refractivity contribution < 1.29 is 27.8 Å². The predicted octanol–water partition coefficient (Wildman–Crippen LogP) is 4.58. The summed E-state index contributed by atoms with van der Waals surface area (Å²) in [6.07, 6.45) is -3.57. The molecule has 1 amide bonds. The Balaban J connectivity index is 2.03. The van der Waals surface area contributed by atoms with Crippen molar-refractivity contribution in [3.8, 4) is 11.5 Å². The highest BCUT2D eigenvalue weighted by molar-refractivity contribution is 9.11. The van der Waals surface area contributed by atoms with Crippen molar-refractivity contribution in [3.63, 3.8) is 0 Å². The van der Waals surface area contributed by atoms with Crippen LogP contribution in [0.15, 0.2) is 50.4 Å². The summed E-state index contributed by atoms with van der Waals surface area (Å²) >= 11 is 6.41. The van der Waals surface area contributed by atoms with Crippen LogP contribution >= 0.6 is 31.9 Å². The molecule has 0 radical (unpaired) electrons. The molecular weight excluding hydrogens is 473 g/mol. The molecule has 5 nitrogen and oxygen atoms in total. The van der Waals surface area contributed by atoms with E-state index in [0.717, 1.165) is 12.1 Å². The van der Waals surface area contributed by atoms with Crippen LogP contribution in [0.4, 0.5) is 13.2 Å². The van der Waals surface area contributed by atoms with Gasteiger partial charge < -0.3 is 9.84 Å². The number of nitrogens with zero attached hydrogens (tertiary/aromatic N) is 1. The molecule has 2 aromatic rings. The molecule has 132 valence electrons. The molecule has 2 rings (SSSR count). The van der Waals surface area contributed by atoms with Crippen LogP contribution in [0.5, 0.6) is 11.5 Å². The molecule has 0 aromatic heterocycles. The van der Waals surface area contributed by atoms with Gasteiger partial charge in [0, 0.05) is 15.6 Å². The van der Waals surface area contributed by atoms with E-state index >= 15 is 0 Å². The van der Waals surface area contributed by atoms with E-state index in [0.29, 0.717) is 14.5 Å². The Labute approximate surface area is 156 Å². The summed E-state index contributed by atoms with van der Waals surface area (Å²) in [6.45, 7) is 0. The van der Waals surface area contributed by atoms with E-state index in [2.05, 4.69) is 47.1 Å². The minimum atomic E-state index is -4.80. The molecule has 0 aliphatic rings. The number of rotatable bonds is 4. The lowest BCUT2D eigenvalue weighted by molar-refractivity contribution is -0.274. The van der Waals surface area contributed by atoms with Gasteiger partial charge in [0.15, 0.2) is 0 Å². The molecular formula is C15H9Br2F3N2O3. The first-order chi connectivity index (χ1) is 11.7. The third kappa shape index (κ3) is 5.75. The molecule has 25 heavy (non-hydrogen) atoms. The fourth-order valence-corrected chi connectivity index (χ4v) is 2.98. The zero-order chi connectivity index (χ0) is 18.6. The average molecular weight is 482 g/mol. The van der Waals surface area contributed by atoms with Crippen LogP contribution in [0, 0.1) is 0 Å². The second kappa shape index (κ2) is 7.87. The van der Waals surface area contributed by atoms with Crippen LogP contribution in [0.3, 0.4) is 0 Å².